The molecule has 148 valence electrons. The third-order valence-corrected chi connectivity index (χ3v) is 5.05. The second kappa shape index (κ2) is 8.10. The van der Waals surface area contributed by atoms with Gasteiger partial charge >= 0.3 is 0 Å². The SMILES string of the molecule is O=C1NC(=S)N(c2ccc(F)cc2)C(=O)/C1=C/c1ccc(N2CCOCC2)cc1. The molecule has 2 saturated heterocycles. The highest BCUT2D eigenvalue weighted by molar-refractivity contribution is 7.80. The largest absolute Gasteiger partial charge is 0.378 e. The lowest BCUT2D eigenvalue weighted by molar-refractivity contribution is -0.122. The first-order chi connectivity index (χ1) is 14.0. The first-order valence-electron chi connectivity index (χ1n) is 9.13. The van der Waals surface area contributed by atoms with Crippen LogP contribution in [-0.2, 0) is 14.3 Å². The van der Waals surface area contributed by atoms with E-state index in [9.17, 15) is 14.0 Å². The fourth-order valence-corrected chi connectivity index (χ4v) is 3.53. The van der Waals surface area contributed by atoms with Gasteiger partial charge < -0.3 is 9.64 Å². The molecular weight excluding hydrogens is 393 g/mol. The van der Waals surface area contributed by atoms with Crippen LogP contribution in [0.5, 0.6) is 0 Å². The molecule has 0 spiro atoms. The molecule has 0 aromatic heterocycles. The van der Waals surface area contributed by atoms with Crippen molar-refractivity contribution in [2.24, 2.45) is 0 Å². The van der Waals surface area contributed by atoms with Crippen LogP contribution in [0.25, 0.3) is 6.08 Å². The predicted octanol–water partition coefficient (Wildman–Crippen LogP) is 2.49. The highest BCUT2D eigenvalue weighted by Crippen LogP contribution is 2.23. The van der Waals surface area contributed by atoms with E-state index in [4.69, 9.17) is 17.0 Å². The number of rotatable bonds is 3. The molecular formula is C21H18FN3O3S. The van der Waals surface area contributed by atoms with Crippen LogP contribution in [0.2, 0.25) is 0 Å². The second-order valence-corrected chi connectivity index (χ2v) is 7.01. The molecule has 6 nitrogen and oxygen atoms in total. The summed E-state index contributed by atoms with van der Waals surface area (Å²) in [5.74, 6) is -1.54. The van der Waals surface area contributed by atoms with Gasteiger partial charge in [-0.15, -0.1) is 0 Å². The minimum atomic E-state index is -0.560. The topological polar surface area (TPSA) is 61.9 Å². The van der Waals surface area contributed by atoms with Crippen LogP contribution < -0.4 is 15.1 Å². The summed E-state index contributed by atoms with van der Waals surface area (Å²) < 4.78 is 18.6. The highest BCUT2D eigenvalue weighted by atomic mass is 32.1. The normalized spacial score (nSPS) is 18.9. The van der Waals surface area contributed by atoms with Crippen molar-refractivity contribution in [2.45, 2.75) is 0 Å². The Labute approximate surface area is 172 Å². The van der Waals surface area contributed by atoms with Crippen LogP contribution in [0.15, 0.2) is 54.1 Å². The Hall–Kier alpha value is -3.10. The van der Waals surface area contributed by atoms with Crippen molar-refractivity contribution < 1.29 is 18.7 Å². The Kier molecular flexibility index (Phi) is 5.37. The van der Waals surface area contributed by atoms with Crippen molar-refractivity contribution in [3.8, 4) is 0 Å². The summed E-state index contributed by atoms with van der Waals surface area (Å²) in [6, 6.07) is 12.9. The molecule has 2 heterocycles. The van der Waals surface area contributed by atoms with Gasteiger partial charge in [0.05, 0.1) is 18.9 Å². The Bertz CT molecular complexity index is 983. The summed E-state index contributed by atoms with van der Waals surface area (Å²) in [7, 11) is 0. The third kappa shape index (κ3) is 4.03. The Morgan fingerprint density at radius 1 is 0.966 bits per heavy atom. The van der Waals surface area contributed by atoms with Gasteiger partial charge in [-0.3, -0.25) is 19.8 Å². The maximum Gasteiger partial charge on any atom is 0.270 e. The number of carbonyl (C=O) groups excluding carboxylic acids is 2. The molecule has 29 heavy (non-hydrogen) atoms. The molecule has 8 heteroatoms. The highest BCUT2D eigenvalue weighted by Gasteiger charge is 2.34. The van der Waals surface area contributed by atoms with E-state index in [0.717, 1.165) is 18.8 Å². The van der Waals surface area contributed by atoms with Crippen molar-refractivity contribution in [1.29, 1.82) is 0 Å². The molecule has 0 unspecified atom stereocenters. The Morgan fingerprint density at radius 2 is 1.59 bits per heavy atom. The quantitative estimate of drug-likeness (QED) is 0.478. The summed E-state index contributed by atoms with van der Waals surface area (Å²) >= 11 is 5.14. The number of nitrogens with zero attached hydrogens (tertiary/aromatic N) is 2. The van der Waals surface area contributed by atoms with E-state index in [1.54, 1.807) is 0 Å². The van der Waals surface area contributed by atoms with Crippen LogP contribution in [0.3, 0.4) is 0 Å². The number of hydrogen-bond acceptors (Lipinski definition) is 5. The molecule has 2 aliphatic rings. The lowest BCUT2D eigenvalue weighted by atomic mass is 10.1. The summed E-state index contributed by atoms with van der Waals surface area (Å²) in [6.07, 6.45) is 1.53. The molecule has 0 bridgehead atoms. The molecule has 0 atom stereocenters. The monoisotopic (exact) mass is 411 g/mol. The maximum atomic E-state index is 13.2. The van der Waals surface area contributed by atoms with Crippen LogP contribution >= 0.6 is 12.2 Å². The molecule has 2 aromatic rings. The number of halogens is 1. The van der Waals surface area contributed by atoms with E-state index in [2.05, 4.69) is 10.2 Å². The number of nitrogens with one attached hydrogen (secondary N) is 1. The van der Waals surface area contributed by atoms with Gasteiger partial charge in [0.1, 0.15) is 11.4 Å². The number of morpholine rings is 1. The Balaban J connectivity index is 1.59. The molecule has 2 aromatic carbocycles. The van der Waals surface area contributed by atoms with E-state index in [0.29, 0.717) is 24.5 Å². The summed E-state index contributed by atoms with van der Waals surface area (Å²) in [4.78, 5) is 28.7. The van der Waals surface area contributed by atoms with E-state index in [1.807, 2.05) is 24.3 Å². The number of amides is 2. The molecule has 1 N–H and O–H groups in total. The van der Waals surface area contributed by atoms with Gasteiger partial charge in [0.25, 0.3) is 11.8 Å². The fourth-order valence-electron chi connectivity index (χ4n) is 3.25. The smallest absolute Gasteiger partial charge is 0.270 e. The van der Waals surface area contributed by atoms with Gasteiger partial charge in [-0.05, 0) is 60.3 Å². The second-order valence-electron chi connectivity index (χ2n) is 6.63. The molecule has 4 rings (SSSR count). The Morgan fingerprint density at radius 3 is 2.24 bits per heavy atom. The molecule has 0 radical (unpaired) electrons. The van der Waals surface area contributed by atoms with Crippen molar-refractivity contribution in [3.05, 3.63) is 65.5 Å². The van der Waals surface area contributed by atoms with Crippen molar-refractivity contribution in [1.82, 2.24) is 5.32 Å². The average Bonchev–Trinajstić information content (AvgIpc) is 2.73. The number of thiocarbonyl (C=S) groups is 1. The van der Waals surface area contributed by atoms with E-state index in [-0.39, 0.29) is 10.7 Å². The zero-order chi connectivity index (χ0) is 20.4. The number of benzene rings is 2. The minimum absolute atomic E-state index is 0.0357. The summed E-state index contributed by atoms with van der Waals surface area (Å²) in [6.45, 7) is 3.04. The first kappa shape index (κ1) is 19.2. The summed E-state index contributed by atoms with van der Waals surface area (Å²) in [5.41, 5.74) is 2.12. The van der Waals surface area contributed by atoms with Crippen molar-refractivity contribution in [2.75, 3.05) is 36.1 Å². The van der Waals surface area contributed by atoms with Gasteiger partial charge in [-0.2, -0.15) is 0 Å². The molecule has 2 fully saturated rings. The van der Waals surface area contributed by atoms with Crippen molar-refractivity contribution >= 4 is 46.6 Å². The molecule has 2 aliphatic heterocycles. The van der Waals surface area contributed by atoms with E-state index >= 15 is 0 Å². The van der Waals surface area contributed by atoms with Gasteiger partial charge in [0.15, 0.2) is 5.11 Å². The average molecular weight is 411 g/mol. The number of carbonyl (C=O) groups is 2. The zero-order valence-corrected chi connectivity index (χ0v) is 16.2. The van der Waals surface area contributed by atoms with Crippen LogP contribution in [-0.4, -0.2) is 43.2 Å². The van der Waals surface area contributed by atoms with E-state index in [1.165, 1.54) is 35.2 Å². The maximum absolute atomic E-state index is 13.2. The minimum Gasteiger partial charge on any atom is -0.378 e. The van der Waals surface area contributed by atoms with Gasteiger partial charge in [-0.1, -0.05) is 12.1 Å². The van der Waals surface area contributed by atoms with Gasteiger partial charge in [0, 0.05) is 18.8 Å². The van der Waals surface area contributed by atoms with Crippen molar-refractivity contribution in [3.63, 3.8) is 0 Å². The predicted molar refractivity (Wildman–Crippen MR) is 112 cm³/mol. The lowest BCUT2D eigenvalue weighted by Crippen LogP contribution is -2.54. The standard InChI is InChI=1S/C21H18FN3O3S/c22-15-3-7-17(8-4-15)25-20(27)18(19(26)23-21(25)29)13-14-1-5-16(6-2-14)24-9-11-28-12-10-24/h1-8,13H,9-12H2,(H,23,26,29)/b18-13+. The van der Waals surface area contributed by atoms with Gasteiger partial charge in [0.2, 0.25) is 0 Å². The molecule has 0 aliphatic carbocycles. The molecule has 0 saturated carbocycles. The fraction of sp³-hybridized carbons (Fsp3) is 0.190. The lowest BCUT2D eigenvalue weighted by Gasteiger charge is -2.29. The first-order valence-corrected chi connectivity index (χ1v) is 9.53. The number of anilines is 2. The summed E-state index contributed by atoms with van der Waals surface area (Å²) in [5, 5.41) is 2.48. The van der Waals surface area contributed by atoms with Crippen LogP contribution in [0.4, 0.5) is 15.8 Å². The van der Waals surface area contributed by atoms with Crippen LogP contribution in [0, 0.1) is 5.82 Å². The number of ether oxygens (including phenoxy) is 1. The molecule has 2 amide bonds. The van der Waals surface area contributed by atoms with E-state index < -0.39 is 17.6 Å². The van der Waals surface area contributed by atoms with Gasteiger partial charge in [-0.25, -0.2) is 4.39 Å². The van der Waals surface area contributed by atoms with Crippen LogP contribution in [0.1, 0.15) is 5.56 Å². The zero-order valence-electron chi connectivity index (χ0n) is 15.4. The third-order valence-electron chi connectivity index (χ3n) is 4.77. The number of hydrogen-bond donors (Lipinski definition) is 1.